The van der Waals surface area contributed by atoms with E-state index in [1.807, 2.05) is 20.8 Å². The van der Waals surface area contributed by atoms with Gasteiger partial charge in [0.05, 0.1) is 10.6 Å². The van der Waals surface area contributed by atoms with Crippen molar-refractivity contribution in [3.63, 3.8) is 0 Å². The molecule has 17 heavy (non-hydrogen) atoms. The molecule has 0 bridgehead atoms. The van der Waals surface area contributed by atoms with E-state index in [-0.39, 0.29) is 11.3 Å². The number of halogens is 1. The molecule has 0 saturated heterocycles. The minimum atomic E-state index is -3.22. The Morgan fingerprint density at radius 1 is 1.18 bits per heavy atom. The first-order valence-corrected chi connectivity index (χ1v) is 7.47. The summed E-state index contributed by atoms with van der Waals surface area (Å²) < 4.78 is 23.9. The third kappa shape index (κ3) is 5.06. The van der Waals surface area contributed by atoms with Gasteiger partial charge in [0.1, 0.15) is 0 Å². The number of hydrogen-bond donors (Lipinski definition) is 1. The van der Waals surface area contributed by atoms with E-state index >= 15 is 0 Å². The van der Waals surface area contributed by atoms with Crippen LogP contribution in [0.4, 0.5) is 0 Å². The summed E-state index contributed by atoms with van der Waals surface area (Å²) in [7, 11) is -3.22. The van der Waals surface area contributed by atoms with Crippen molar-refractivity contribution in [3.05, 3.63) is 29.3 Å². The normalized spacial score (nSPS) is 12.7. The second kappa shape index (κ2) is 5.38. The van der Waals surface area contributed by atoms with Crippen molar-refractivity contribution in [3.8, 4) is 0 Å². The van der Waals surface area contributed by atoms with Gasteiger partial charge in [0, 0.05) is 17.1 Å². The number of benzene rings is 1. The number of hydrogen-bond acceptors (Lipinski definition) is 3. The van der Waals surface area contributed by atoms with Crippen molar-refractivity contribution in [1.29, 1.82) is 0 Å². The summed E-state index contributed by atoms with van der Waals surface area (Å²) in [5.41, 5.74) is -0.0739. The van der Waals surface area contributed by atoms with Crippen molar-refractivity contribution >= 4 is 21.4 Å². The fraction of sp³-hybridized carbons (Fsp3) is 0.500. The molecule has 0 aliphatic carbocycles. The molecule has 0 radical (unpaired) electrons. The van der Waals surface area contributed by atoms with Crippen LogP contribution in [0.25, 0.3) is 0 Å². The van der Waals surface area contributed by atoms with E-state index in [9.17, 15) is 8.42 Å². The zero-order valence-corrected chi connectivity index (χ0v) is 11.9. The summed E-state index contributed by atoms with van der Waals surface area (Å²) in [6.07, 6.45) is 0. The highest BCUT2D eigenvalue weighted by Crippen LogP contribution is 2.15. The molecule has 96 valence electrons. The monoisotopic (exact) mass is 275 g/mol. The molecular formula is C12H18ClNO2S. The van der Waals surface area contributed by atoms with Gasteiger partial charge in [-0.05, 0) is 45.0 Å². The van der Waals surface area contributed by atoms with Gasteiger partial charge >= 0.3 is 0 Å². The van der Waals surface area contributed by atoms with E-state index < -0.39 is 9.84 Å². The van der Waals surface area contributed by atoms with E-state index in [1.165, 1.54) is 12.1 Å². The van der Waals surface area contributed by atoms with Crippen molar-refractivity contribution in [2.24, 2.45) is 0 Å². The fourth-order valence-electron chi connectivity index (χ4n) is 1.32. The maximum Gasteiger partial charge on any atom is 0.179 e. The molecule has 0 spiro atoms. The van der Waals surface area contributed by atoms with Crippen molar-refractivity contribution in [2.75, 3.05) is 12.3 Å². The van der Waals surface area contributed by atoms with Gasteiger partial charge in [-0.1, -0.05) is 11.6 Å². The van der Waals surface area contributed by atoms with Crippen molar-refractivity contribution < 1.29 is 8.42 Å². The molecule has 0 aliphatic rings. The average Bonchev–Trinajstić information content (AvgIpc) is 2.15. The molecule has 0 aromatic heterocycles. The smallest absolute Gasteiger partial charge is 0.179 e. The number of nitrogens with one attached hydrogen (secondary N) is 1. The van der Waals surface area contributed by atoms with E-state index in [0.717, 1.165) is 0 Å². The molecule has 0 heterocycles. The third-order valence-corrected chi connectivity index (χ3v) is 4.18. The number of sulfone groups is 1. The molecule has 0 amide bonds. The largest absolute Gasteiger partial charge is 0.311 e. The van der Waals surface area contributed by atoms with E-state index in [2.05, 4.69) is 5.32 Å². The average molecular weight is 276 g/mol. The minimum absolute atomic E-state index is 0.0739. The lowest BCUT2D eigenvalue weighted by Gasteiger charge is -2.20. The highest BCUT2D eigenvalue weighted by molar-refractivity contribution is 7.91. The van der Waals surface area contributed by atoms with Gasteiger partial charge in [-0.15, -0.1) is 0 Å². The lowest BCUT2D eigenvalue weighted by Crippen LogP contribution is -2.38. The first-order chi connectivity index (χ1) is 7.71. The highest BCUT2D eigenvalue weighted by Gasteiger charge is 2.16. The van der Waals surface area contributed by atoms with Crippen LogP contribution in [-0.2, 0) is 9.84 Å². The fourth-order valence-corrected chi connectivity index (χ4v) is 2.60. The van der Waals surface area contributed by atoms with Crippen molar-refractivity contribution in [2.45, 2.75) is 31.2 Å². The Bertz CT molecular complexity index is 460. The first kappa shape index (κ1) is 14.5. The van der Waals surface area contributed by atoms with Crippen LogP contribution < -0.4 is 5.32 Å². The van der Waals surface area contributed by atoms with Crippen LogP contribution in [0.3, 0.4) is 0 Å². The topological polar surface area (TPSA) is 46.2 Å². The van der Waals surface area contributed by atoms with E-state index in [1.54, 1.807) is 12.1 Å². The molecule has 0 unspecified atom stereocenters. The molecule has 1 rings (SSSR count). The van der Waals surface area contributed by atoms with Crippen LogP contribution in [0.1, 0.15) is 20.8 Å². The molecule has 0 saturated carbocycles. The maximum absolute atomic E-state index is 11.9. The SMILES string of the molecule is CC(C)(C)NCCS(=O)(=O)c1ccc(Cl)cc1. The summed E-state index contributed by atoms with van der Waals surface area (Å²) in [5, 5.41) is 3.69. The molecule has 0 fully saturated rings. The van der Waals surface area contributed by atoms with Gasteiger partial charge in [-0.3, -0.25) is 0 Å². The van der Waals surface area contributed by atoms with Crippen LogP contribution in [-0.4, -0.2) is 26.3 Å². The molecule has 1 aromatic carbocycles. The predicted molar refractivity (Wildman–Crippen MR) is 71.3 cm³/mol. The van der Waals surface area contributed by atoms with Gasteiger partial charge in [-0.2, -0.15) is 0 Å². The second-order valence-electron chi connectivity index (χ2n) is 4.95. The molecule has 1 N–H and O–H groups in total. The summed E-state index contributed by atoms with van der Waals surface area (Å²) in [6.45, 7) is 6.44. The number of rotatable bonds is 4. The lowest BCUT2D eigenvalue weighted by atomic mass is 10.1. The van der Waals surface area contributed by atoms with Crippen LogP contribution in [0.5, 0.6) is 0 Å². The van der Waals surface area contributed by atoms with Crippen molar-refractivity contribution in [1.82, 2.24) is 5.32 Å². The Hall–Kier alpha value is -0.580. The quantitative estimate of drug-likeness (QED) is 0.918. The highest BCUT2D eigenvalue weighted by atomic mass is 35.5. The molecule has 0 atom stereocenters. The zero-order valence-electron chi connectivity index (χ0n) is 10.3. The van der Waals surface area contributed by atoms with E-state index in [4.69, 9.17) is 11.6 Å². The first-order valence-electron chi connectivity index (χ1n) is 5.44. The predicted octanol–water partition coefficient (Wildman–Crippen LogP) is 2.50. The van der Waals surface area contributed by atoms with Gasteiger partial charge in [0.15, 0.2) is 9.84 Å². The summed E-state index contributed by atoms with van der Waals surface area (Å²) in [5.74, 6) is 0.0892. The lowest BCUT2D eigenvalue weighted by molar-refractivity contribution is 0.438. The van der Waals surface area contributed by atoms with Crippen LogP contribution in [0.15, 0.2) is 29.2 Å². The molecule has 1 aromatic rings. The van der Waals surface area contributed by atoms with Gasteiger partial charge in [0.2, 0.25) is 0 Å². The summed E-state index contributed by atoms with van der Waals surface area (Å²) in [4.78, 5) is 0.317. The Morgan fingerprint density at radius 2 is 1.71 bits per heavy atom. The second-order valence-corrected chi connectivity index (χ2v) is 7.50. The van der Waals surface area contributed by atoms with Gasteiger partial charge in [0.25, 0.3) is 0 Å². The minimum Gasteiger partial charge on any atom is -0.311 e. The molecule has 0 aliphatic heterocycles. The maximum atomic E-state index is 11.9. The van der Waals surface area contributed by atoms with Crippen LogP contribution in [0, 0.1) is 0 Å². The Balaban J connectivity index is 2.66. The van der Waals surface area contributed by atoms with Crippen LogP contribution in [0.2, 0.25) is 5.02 Å². The summed E-state index contributed by atoms with van der Waals surface area (Å²) >= 11 is 5.72. The third-order valence-electron chi connectivity index (χ3n) is 2.20. The Kier molecular flexibility index (Phi) is 4.58. The standard InChI is InChI=1S/C12H18ClNO2S/c1-12(2,3)14-8-9-17(15,16)11-6-4-10(13)5-7-11/h4-7,14H,8-9H2,1-3H3. The van der Waals surface area contributed by atoms with E-state index in [0.29, 0.717) is 16.5 Å². The zero-order chi connectivity index (χ0) is 13.1. The Morgan fingerprint density at radius 3 is 2.18 bits per heavy atom. The molecule has 5 heteroatoms. The molecule has 3 nitrogen and oxygen atoms in total. The summed E-state index contributed by atoms with van der Waals surface area (Å²) in [6, 6.07) is 6.25. The van der Waals surface area contributed by atoms with Gasteiger partial charge < -0.3 is 5.32 Å². The Labute approximate surface area is 108 Å². The van der Waals surface area contributed by atoms with Gasteiger partial charge in [-0.25, -0.2) is 8.42 Å². The molecular weight excluding hydrogens is 258 g/mol. The van der Waals surface area contributed by atoms with Crippen LogP contribution >= 0.6 is 11.6 Å².